The molecule has 2 aromatic carbocycles. The fourth-order valence-corrected chi connectivity index (χ4v) is 3.03. The van der Waals surface area contributed by atoms with Gasteiger partial charge in [0, 0.05) is 16.6 Å². The number of nitrogens with zero attached hydrogens (tertiary/aromatic N) is 1. The highest BCUT2D eigenvalue weighted by molar-refractivity contribution is 7.84. The Balaban J connectivity index is 2.28. The third-order valence-electron chi connectivity index (χ3n) is 2.92. The van der Waals surface area contributed by atoms with E-state index in [1.54, 1.807) is 6.07 Å². The second-order valence-corrected chi connectivity index (χ2v) is 6.01. The van der Waals surface area contributed by atoms with Crippen LogP contribution in [0, 0.1) is 11.3 Å². The first-order valence-corrected chi connectivity index (χ1v) is 7.80. The number of benzene rings is 2. The van der Waals surface area contributed by atoms with E-state index in [9.17, 15) is 9.00 Å². The van der Waals surface area contributed by atoms with Crippen molar-refractivity contribution < 1.29 is 9.00 Å². The average molecular weight is 298 g/mol. The Morgan fingerprint density at radius 3 is 2.67 bits per heavy atom. The third-order valence-corrected chi connectivity index (χ3v) is 4.18. The van der Waals surface area contributed by atoms with Crippen LogP contribution in [0.4, 0.5) is 0 Å². The lowest BCUT2D eigenvalue weighted by molar-refractivity contribution is -0.115. The van der Waals surface area contributed by atoms with E-state index in [2.05, 4.69) is 6.07 Å². The van der Waals surface area contributed by atoms with Gasteiger partial charge < -0.3 is 5.73 Å². The van der Waals surface area contributed by atoms with Crippen molar-refractivity contribution in [1.29, 1.82) is 5.26 Å². The normalized spacial score (nSPS) is 11.6. The van der Waals surface area contributed by atoms with Crippen LogP contribution in [-0.4, -0.2) is 15.9 Å². The molecule has 0 spiro atoms. The Hall–Kier alpha value is -2.45. The summed E-state index contributed by atoms with van der Waals surface area (Å²) in [7, 11) is -1.31. The number of carbonyl (C=O) groups is 1. The maximum Gasteiger partial charge on any atom is 0.230 e. The molecule has 2 aromatic rings. The maximum atomic E-state index is 11.8. The standard InChI is InChI=1S/C16H14N2O2S/c17-9-14-5-1-2-7-15(14)13-6-3-4-12(8-13)10-21(20)11-16(18)19/h1-8H,10-11H2,(H2,18,19)/t21-/m1/s1. The van der Waals surface area contributed by atoms with Gasteiger partial charge in [0.25, 0.3) is 0 Å². The molecule has 21 heavy (non-hydrogen) atoms. The SMILES string of the molecule is N#Cc1ccccc1-c1cccc(C[S@@](=O)CC(N)=O)c1. The van der Waals surface area contributed by atoms with Crippen molar-refractivity contribution in [2.24, 2.45) is 5.73 Å². The van der Waals surface area contributed by atoms with Gasteiger partial charge in [-0.1, -0.05) is 42.5 Å². The van der Waals surface area contributed by atoms with Crippen LogP contribution in [0.25, 0.3) is 11.1 Å². The van der Waals surface area contributed by atoms with Crippen molar-refractivity contribution in [3.63, 3.8) is 0 Å². The zero-order valence-electron chi connectivity index (χ0n) is 11.3. The summed E-state index contributed by atoms with van der Waals surface area (Å²) < 4.78 is 11.8. The van der Waals surface area contributed by atoms with Crippen LogP contribution in [0.1, 0.15) is 11.1 Å². The van der Waals surface area contributed by atoms with E-state index in [4.69, 9.17) is 11.0 Å². The van der Waals surface area contributed by atoms with E-state index in [0.29, 0.717) is 5.56 Å². The summed E-state index contributed by atoms with van der Waals surface area (Å²) in [5, 5.41) is 9.14. The zero-order valence-corrected chi connectivity index (χ0v) is 12.1. The molecule has 0 saturated carbocycles. The van der Waals surface area contributed by atoms with Crippen molar-refractivity contribution in [1.82, 2.24) is 0 Å². The van der Waals surface area contributed by atoms with Gasteiger partial charge in [-0.25, -0.2) is 0 Å². The van der Waals surface area contributed by atoms with E-state index in [1.165, 1.54) is 0 Å². The average Bonchev–Trinajstić information content (AvgIpc) is 2.46. The van der Waals surface area contributed by atoms with Gasteiger partial charge in [0.15, 0.2) is 0 Å². The molecule has 0 radical (unpaired) electrons. The Kier molecular flexibility index (Phi) is 4.85. The number of hydrogen-bond acceptors (Lipinski definition) is 3. The quantitative estimate of drug-likeness (QED) is 0.915. The van der Waals surface area contributed by atoms with Crippen LogP contribution < -0.4 is 5.73 Å². The summed E-state index contributed by atoms with van der Waals surface area (Å²) in [6.45, 7) is 0. The number of carbonyl (C=O) groups excluding carboxylic acids is 1. The number of nitriles is 1. The zero-order chi connectivity index (χ0) is 15.2. The Bertz CT molecular complexity index is 735. The molecular weight excluding hydrogens is 284 g/mol. The topological polar surface area (TPSA) is 83.9 Å². The first-order valence-electron chi connectivity index (χ1n) is 6.32. The second kappa shape index (κ2) is 6.82. The maximum absolute atomic E-state index is 11.8. The van der Waals surface area contributed by atoms with Gasteiger partial charge in [-0.05, 0) is 22.8 Å². The fourth-order valence-electron chi connectivity index (χ4n) is 2.06. The van der Waals surface area contributed by atoms with Crippen molar-refractivity contribution in [2.75, 3.05) is 5.75 Å². The predicted molar refractivity (Wildman–Crippen MR) is 82.5 cm³/mol. The van der Waals surface area contributed by atoms with Gasteiger partial charge in [0.2, 0.25) is 5.91 Å². The number of nitrogens with two attached hydrogens (primary N) is 1. The van der Waals surface area contributed by atoms with E-state index in [1.807, 2.05) is 42.5 Å². The molecule has 1 amide bonds. The smallest absolute Gasteiger partial charge is 0.230 e. The minimum absolute atomic E-state index is 0.140. The summed E-state index contributed by atoms with van der Waals surface area (Å²) in [5.74, 6) is -0.441. The molecule has 0 aromatic heterocycles. The Labute approximate surface area is 125 Å². The van der Waals surface area contributed by atoms with Gasteiger partial charge in [-0.3, -0.25) is 9.00 Å². The molecule has 106 valence electrons. The van der Waals surface area contributed by atoms with Gasteiger partial charge >= 0.3 is 0 Å². The Morgan fingerprint density at radius 1 is 1.19 bits per heavy atom. The minimum atomic E-state index is -1.31. The van der Waals surface area contributed by atoms with E-state index < -0.39 is 16.7 Å². The molecule has 0 unspecified atom stereocenters. The highest BCUT2D eigenvalue weighted by Gasteiger charge is 2.08. The molecule has 2 rings (SSSR count). The molecule has 0 bridgehead atoms. The predicted octanol–water partition coefficient (Wildman–Crippen LogP) is 1.96. The summed E-state index contributed by atoms with van der Waals surface area (Å²) >= 11 is 0. The first kappa shape index (κ1) is 14.9. The van der Waals surface area contributed by atoms with Gasteiger partial charge in [0.1, 0.15) is 5.75 Å². The summed E-state index contributed by atoms with van der Waals surface area (Å²) in [5.41, 5.74) is 8.20. The molecule has 4 nitrogen and oxygen atoms in total. The molecule has 2 N–H and O–H groups in total. The molecule has 0 aliphatic carbocycles. The largest absolute Gasteiger partial charge is 0.369 e. The van der Waals surface area contributed by atoms with Crippen LogP contribution >= 0.6 is 0 Å². The van der Waals surface area contributed by atoms with E-state index >= 15 is 0 Å². The summed E-state index contributed by atoms with van der Waals surface area (Å²) in [4.78, 5) is 10.8. The molecule has 0 aliphatic heterocycles. The van der Waals surface area contributed by atoms with Gasteiger partial charge in [-0.2, -0.15) is 5.26 Å². The number of rotatable bonds is 5. The van der Waals surface area contributed by atoms with Crippen LogP contribution in [0.3, 0.4) is 0 Å². The Morgan fingerprint density at radius 2 is 1.95 bits per heavy atom. The van der Waals surface area contributed by atoms with E-state index in [-0.39, 0.29) is 11.5 Å². The van der Waals surface area contributed by atoms with Crippen LogP contribution in [0.15, 0.2) is 48.5 Å². The third kappa shape index (κ3) is 4.01. The van der Waals surface area contributed by atoms with Crippen molar-refractivity contribution in [3.8, 4) is 17.2 Å². The second-order valence-electron chi connectivity index (χ2n) is 4.55. The molecule has 0 heterocycles. The molecule has 1 atom stereocenters. The number of hydrogen-bond donors (Lipinski definition) is 1. The summed E-state index contributed by atoms with van der Waals surface area (Å²) in [6.07, 6.45) is 0. The van der Waals surface area contributed by atoms with Crippen molar-refractivity contribution in [2.45, 2.75) is 5.75 Å². The lowest BCUT2D eigenvalue weighted by atomic mass is 9.99. The highest BCUT2D eigenvalue weighted by atomic mass is 32.2. The minimum Gasteiger partial charge on any atom is -0.369 e. The van der Waals surface area contributed by atoms with Crippen molar-refractivity contribution in [3.05, 3.63) is 59.7 Å². The van der Waals surface area contributed by atoms with Crippen LogP contribution in [0.5, 0.6) is 0 Å². The molecule has 5 heteroatoms. The molecule has 0 aliphatic rings. The number of primary amides is 1. The molecule has 0 saturated heterocycles. The molecule has 0 fully saturated rings. The van der Waals surface area contributed by atoms with E-state index in [0.717, 1.165) is 16.7 Å². The number of amides is 1. The lowest BCUT2D eigenvalue weighted by Crippen LogP contribution is -2.20. The fraction of sp³-hybridized carbons (Fsp3) is 0.125. The van der Waals surface area contributed by atoms with Crippen LogP contribution in [0.2, 0.25) is 0 Å². The van der Waals surface area contributed by atoms with Gasteiger partial charge in [0.05, 0.1) is 11.6 Å². The first-order chi connectivity index (χ1) is 10.1. The van der Waals surface area contributed by atoms with Gasteiger partial charge in [-0.15, -0.1) is 0 Å². The highest BCUT2D eigenvalue weighted by Crippen LogP contribution is 2.24. The van der Waals surface area contributed by atoms with Crippen LogP contribution in [-0.2, 0) is 21.3 Å². The molecular formula is C16H14N2O2S. The lowest BCUT2D eigenvalue weighted by Gasteiger charge is -2.07. The summed E-state index contributed by atoms with van der Waals surface area (Å²) in [6, 6.07) is 16.9. The van der Waals surface area contributed by atoms with Crippen molar-refractivity contribution >= 4 is 16.7 Å². The monoisotopic (exact) mass is 298 g/mol.